The van der Waals surface area contributed by atoms with Crippen molar-refractivity contribution in [2.24, 2.45) is 0 Å². The van der Waals surface area contributed by atoms with Crippen molar-refractivity contribution >= 4 is 28.9 Å². The summed E-state index contributed by atoms with van der Waals surface area (Å²) in [7, 11) is 0. The van der Waals surface area contributed by atoms with E-state index in [1.54, 1.807) is 19.1 Å². The van der Waals surface area contributed by atoms with Crippen molar-refractivity contribution in [3.63, 3.8) is 0 Å². The van der Waals surface area contributed by atoms with Gasteiger partial charge in [0, 0.05) is 10.6 Å². The summed E-state index contributed by atoms with van der Waals surface area (Å²) in [6, 6.07) is 12.8. The molecular formula is C15H15NO3S. The summed E-state index contributed by atoms with van der Waals surface area (Å²) < 4.78 is 5.11. The van der Waals surface area contributed by atoms with Crippen molar-refractivity contribution in [1.29, 1.82) is 0 Å². The van der Waals surface area contributed by atoms with E-state index < -0.39 is 12.1 Å². The molecule has 0 radical (unpaired) electrons. The zero-order valence-corrected chi connectivity index (χ0v) is 11.9. The molecule has 104 valence electrons. The van der Waals surface area contributed by atoms with Crippen LogP contribution in [0, 0.1) is 0 Å². The largest absolute Gasteiger partial charge is 0.452 e. The Kier molecular flexibility index (Phi) is 4.90. The average molecular weight is 289 g/mol. The van der Waals surface area contributed by atoms with E-state index in [0.717, 1.165) is 4.88 Å². The Labute approximate surface area is 121 Å². The Balaban J connectivity index is 1.83. The number of rotatable bonds is 5. The second kappa shape index (κ2) is 6.86. The van der Waals surface area contributed by atoms with Crippen LogP contribution in [0.1, 0.15) is 11.8 Å². The molecule has 1 heterocycles. The van der Waals surface area contributed by atoms with E-state index in [-0.39, 0.29) is 12.3 Å². The van der Waals surface area contributed by atoms with Crippen LogP contribution in [0.25, 0.3) is 0 Å². The lowest BCUT2D eigenvalue weighted by Crippen LogP contribution is -2.30. The standard InChI is InChI=1S/C15H15NO3S/c1-11(15(18)16-12-6-3-2-4-7-12)19-14(17)10-13-8-5-9-20-13/h2-9,11H,10H2,1H3,(H,16,18). The molecule has 0 aliphatic rings. The fraction of sp³-hybridized carbons (Fsp3) is 0.200. The first-order valence-corrected chi connectivity index (χ1v) is 7.11. The van der Waals surface area contributed by atoms with E-state index in [1.165, 1.54) is 11.3 Å². The van der Waals surface area contributed by atoms with E-state index in [2.05, 4.69) is 5.32 Å². The van der Waals surface area contributed by atoms with Gasteiger partial charge in [0.2, 0.25) is 0 Å². The highest BCUT2D eigenvalue weighted by Crippen LogP contribution is 2.11. The third kappa shape index (κ3) is 4.20. The third-order valence-corrected chi connectivity index (χ3v) is 3.49. The van der Waals surface area contributed by atoms with Crippen LogP contribution in [-0.4, -0.2) is 18.0 Å². The summed E-state index contributed by atoms with van der Waals surface area (Å²) in [6.45, 7) is 1.56. The Morgan fingerprint density at radius 2 is 1.95 bits per heavy atom. The topological polar surface area (TPSA) is 55.4 Å². The minimum absolute atomic E-state index is 0.195. The normalized spacial score (nSPS) is 11.7. The minimum atomic E-state index is -0.817. The second-order valence-corrected chi connectivity index (χ2v) is 5.28. The number of carbonyl (C=O) groups is 2. The molecule has 0 saturated carbocycles. The first-order valence-electron chi connectivity index (χ1n) is 6.23. The molecule has 1 unspecified atom stereocenters. The van der Waals surface area contributed by atoms with E-state index in [4.69, 9.17) is 4.74 Å². The second-order valence-electron chi connectivity index (χ2n) is 4.24. The lowest BCUT2D eigenvalue weighted by Gasteiger charge is -2.13. The van der Waals surface area contributed by atoms with Crippen LogP contribution in [0.3, 0.4) is 0 Å². The molecule has 0 fully saturated rings. The van der Waals surface area contributed by atoms with Crippen LogP contribution in [0.5, 0.6) is 0 Å². The van der Waals surface area contributed by atoms with Crippen LogP contribution in [-0.2, 0) is 20.7 Å². The van der Waals surface area contributed by atoms with Crippen LogP contribution in [0.4, 0.5) is 5.69 Å². The molecule has 0 aliphatic carbocycles. The molecule has 2 aromatic rings. The van der Waals surface area contributed by atoms with Gasteiger partial charge in [-0.1, -0.05) is 24.3 Å². The van der Waals surface area contributed by atoms with Gasteiger partial charge in [0.1, 0.15) is 0 Å². The average Bonchev–Trinajstić information content (AvgIpc) is 2.92. The first kappa shape index (κ1) is 14.3. The van der Waals surface area contributed by atoms with Crippen LogP contribution >= 0.6 is 11.3 Å². The molecular weight excluding hydrogens is 274 g/mol. The molecule has 1 amide bonds. The number of amides is 1. The summed E-state index contributed by atoms with van der Waals surface area (Å²) in [5.41, 5.74) is 0.679. The SMILES string of the molecule is CC(OC(=O)Cc1cccs1)C(=O)Nc1ccccc1. The van der Waals surface area contributed by atoms with Gasteiger partial charge < -0.3 is 10.1 Å². The fourth-order valence-electron chi connectivity index (χ4n) is 1.61. The Morgan fingerprint density at radius 3 is 2.60 bits per heavy atom. The van der Waals surface area contributed by atoms with Crippen molar-refractivity contribution in [2.75, 3.05) is 5.32 Å². The molecule has 0 spiro atoms. The number of hydrogen-bond donors (Lipinski definition) is 1. The summed E-state index contributed by atoms with van der Waals surface area (Å²) in [6.07, 6.45) is -0.622. The molecule has 1 N–H and O–H groups in total. The number of nitrogens with one attached hydrogen (secondary N) is 1. The van der Waals surface area contributed by atoms with Gasteiger partial charge >= 0.3 is 5.97 Å². The highest BCUT2D eigenvalue weighted by Gasteiger charge is 2.18. The number of ether oxygens (including phenoxy) is 1. The molecule has 2 rings (SSSR count). The van der Waals surface area contributed by atoms with Crippen molar-refractivity contribution in [2.45, 2.75) is 19.4 Å². The molecule has 1 aromatic carbocycles. The lowest BCUT2D eigenvalue weighted by atomic mass is 10.3. The molecule has 20 heavy (non-hydrogen) atoms. The van der Waals surface area contributed by atoms with Crippen LogP contribution < -0.4 is 5.32 Å². The summed E-state index contributed by atoms with van der Waals surface area (Å²) in [4.78, 5) is 24.5. The predicted molar refractivity (Wildman–Crippen MR) is 78.6 cm³/mol. The fourth-order valence-corrected chi connectivity index (χ4v) is 2.30. The summed E-state index contributed by atoms with van der Waals surface area (Å²) in [5.74, 6) is -0.737. The molecule has 5 heteroatoms. The maximum atomic E-state index is 11.9. The Hall–Kier alpha value is -2.14. The van der Waals surface area contributed by atoms with E-state index in [9.17, 15) is 9.59 Å². The van der Waals surface area contributed by atoms with Gasteiger partial charge in [-0.2, -0.15) is 0 Å². The van der Waals surface area contributed by atoms with Crippen molar-refractivity contribution in [3.8, 4) is 0 Å². The van der Waals surface area contributed by atoms with Crippen LogP contribution in [0.2, 0.25) is 0 Å². The number of carbonyl (C=O) groups excluding carboxylic acids is 2. The van der Waals surface area contributed by atoms with Gasteiger partial charge in [0.15, 0.2) is 6.10 Å². The van der Waals surface area contributed by atoms with Gasteiger partial charge in [-0.15, -0.1) is 11.3 Å². The van der Waals surface area contributed by atoms with E-state index in [0.29, 0.717) is 5.69 Å². The van der Waals surface area contributed by atoms with Gasteiger partial charge in [0.25, 0.3) is 5.91 Å². The number of benzene rings is 1. The van der Waals surface area contributed by atoms with Gasteiger partial charge in [0.05, 0.1) is 6.42 Å². The first-order chi connectivity index (χ1) is 9.65. The smallest absolute Gasteiger partial charge is 0.311 e. The molecule has 1 atom stereocenters. The molecule has 1 aromatic heterocycles. The number of hydrogen-bond acceptors (Lipinski definition) is 4. The molecule has 0 aliphatic heterocycles. The monoisotopic (exact) mass is 289 g/mol. The van der Waals surface area contributed by atoms with Crippen molar-refractivity contribution < 1.29 is 14.3 Å². The highest BCUT2D eigenvalue weighted by atomic mass is 32.1. The minimum Gasteiger partial charge on any atom is -0.452 e. The third-order valence-electron chi connectivity index (χ3n) is 2.62. The summed E-state index contributed by atoms with van der Waals surface area (Å²) >= 11 is 1.49. The van der Waals surface area contributed by atoms with Gasteiger partial charge in [-0.3, -0.25) is 9.59 Å². The molecule has 0 bridgehead atoms. The number of esters is 1. The number of thiophene rings is 1. The van der Waals surface area contributed by atoms with Gasteiger partial charge in [-0.05, 0) is 30.5 Å². The predicted octanol–water partition coefficient (Wildman–Crippen LogP) is 2.86. The highest BCUT2D eigenvalue weighted by molar-refractivity contribution is 7.10. The summed E-state index contributed by atoms with van der Waals surface area (Å²) in [5, 5.41) is 4.59. The van der Waals surface area contributed by atoms with E-state index in [1.807, 2.05) is 35.7 Å². The lowest BCUT2D eigenvalue weighted by molar-refractivity contribution is -0.152. The maximum absolute atomic E-state index is 11.9. The van der Waals surface area contributed by atoms with Crippen molar-refractivity contribution in [1.82, 2.24) is 0 Å². The number of anilines is 1. The van der Waals surface area contributed by atoms with Gasteiger partial charge in [-0.25, -0.2) is 0 Å². The Morgan fingerprint density at radius 1 is 1.20 bits per heavy atom. The van der Waals surface area contributed by atoms with Crippen LogP contribution in [0.15, 0.2) is 47.8 Å². The number of para-hydroxylation sites is 1. The molecule has 4 nitrogen and oxygen atoms in total. The van der Waals surface area contributed by atoms with Crippen molar-refractivity contribution in [3.05, 3.63) is 52.7 Å². The van der Waals surface area contributed by atoms with E-state index >= 15 is 0 Å². The maximum Gasteiger partial charge on any atom is 0.311 e. The quantitative estimate of drug-likeness (QED) is 0.861. The molecule has 0 saturated heterocycles. The Bertz CT molecular complexity index is 566. The zero-order valence-electron chi connectivity index (χ0n) is 11.0. The zero-order chi connectivity index (χ0) is 14.4.